The lowest BCUT2D eigenvalue weighted by Gasteiger charge is -2.16. The monoisotopic (exact) mass is 344 g/mol. The standard InChI is InChI=1S/C18H17BrO2/c1-2-9-5-6-12(19)8-13(9)16-17(20)14-10-3-4-11(7-10)15(14)18(16)21/h3-6,8,10-11,14-16H,2,7H2,1H3/t10?,11?,14-,15+,16?. The van der Waals surface area contributed by atoms with Gasteiger partial charge in [-0.05, 0) is 47.9 Å². The minimum absolute atomic E-state index is 0.0545. The van der Waals surface area contributed by atoms with Crippen LogP contribution in [0.1, 0.15) is 30.4 Å². The molecule has 0 heterocycles. The molecule has 0 saturated heterocycles. The molecule has 2 fully saturated rings. The fraction of sp³-hybridized carbons (Fsp3) is 0.444. The Morgan fingerprint density at radius 2 is 1.71 bits per heavy atom. The minimum atomic E-state index is -0.530. The van der Waals surface area contributed by atoms with Gasteiger partial charge in [-0.3, -0.25) is 9.59 Å². The van der Waals surface area contributed by atoms with Crippen LogP contribution in [0, 0.1) is 23.7 Å². The van der Waals surface area contributed by atoms with E-state index < -0.39 is 5.92 Å². The van der Waals surface area contributed by atoms with Crippen LogP contribution in [0.3, 0.4) is 0 Å². The minimum Gasteiger partial charge on any atom is -0.298 e. The number of carbonyl (C=O) groups excluding carboxylic acids is 2. The van der Waals surface area contributed by atoms with Crippen LogP contribution in [0.2, 0.25) is 0 Å². The highest BCUT2D eigenvalue weighted by Crippen LogP contribution is 2.56. The summed E-state index contributed by atoms with van der Waals surface area (Å²) in [6.45, 7) is 2.07. The second kappa shape index (κ2) is 4.64. The highest BCUT2D eigenvalue weighted by molar-refractivity contribution is 9.10. The lowest BCUT2D eigenvalue weighted by atomic mass is 9.85. The topological polar surface area (TPSA) is 34.1 Å². The first-order chi connectivity index (χ1) is 10.1. The fourth-order valence-corrected chi connectivity index (χ4v) is 4.96. The first-order valence-corrected chi connectivity index (χ1v) is 8.45. The first kappa shape index (κ1) is 13.4. The lowest BCUT2D eigenvalue weighted by molar-refractivity contribution is -0.125. The van der Waals surface area contributed by atoms with Gasteiger partial charge in [-0.1, -0.05) is 41.1 Å². The van der Waals surface area contributed by atoms with E-state index in [-0.39, 0.29) is 23.4 Å². The van der Waals surface area contributed by atoms with Gasteiger partial charge in [0.2, 0.25) is 0 Å². The maximum Gasteiger partial charge on any atom is 0.152 e. The molecule has 1 aromatic carbocycles. The molecule has 0 amide bonds. The molecule has 0 N–H and O–H groups in total. The van der Waals surface area contributed by atoms with E-state index in [0.717, 1.165) is 28.4 Å². The number of ketones is 2. The number of benzene rings is 1. The summed E-state index contributed by atoms with van der Waals surface area (Å²) in [6.07, 6.45) is 6.15. The lowest BCUT2D eigenvalue weighted by Crippen LogP contribution is -2.21. The smallest absolute Gasteiger partial charge is 0.152 e. The van der Waals surface area contributed by atoms with Crippen molar-refractivity contribution in [2.45, 2.75) is 25.7 Å². The van der Waals surface area contributed by atoms with Gasteiger partial charge in [-0.2, -0.15) is 0 Å². The van der Waals surface area contributed by atoms with Crippen molar-refractivity contribution in [1.82, 2.24) is 0 Å². The van der Waals surface area contributed by atoms with E-state index in [2.05, 4.69) is 35.0 Å². The third-order valence-electron chi connectivity index (χ3n) is 5.49. The summed E-state index contributed by atoms with van der Waals surface area (Å²) in [6, 6.07) is 5.98. The molecule has 4 rings (SSSR count). The zero-order valence-corrected chi connectivity index (χ0v) is 13.5. The molecule has 0 radical (unpaired) electrons. The molecule has 5 atom stereocenters. The van der Waals surface area contributed by atoms with E-state index >= 15 is 0 Å². The van der Waals surface area contributed by atoms with Crippen molar-refractivity contribution in [3.63, 3.8) is 0 Å². The quantitative estimate of drug-likeness (QED) is 0.605. The van der Waals surface area contributed by atoms with Gasteiger partial charge in [0.15, 0.2) is 11.6 Å². The SMILES string of the molecule is CCc1ccc(Br)cc1C1C(=O)[C@@H]2C3C=CC(C3)[C@@H]2C1=O. The van der Waals surface area contributed by atoms with Crippen LogP contribution >= 0.6 is 15.9 Å². The van der Waals surface area contributed by atoms with Crippen molar-refractivity contribution in [2.75, 3.05) is 0 Å². The Hall–Kier alpha value is -1.22. The second-order valence-electron chi connectivity index (χ2n) is 6.43. The van der Waals surface area contributed by atoms with Gasteiger partial charge in [0, 0.05) is 16.3 Å². The molecular formula is C18H17BrO2. The average molecular weight is 345 g/mol. The Bertz CT molecular complexity index is 646. The van der Waals surface area contributed by atoms with Gasteiger partial charge in [0.1, 0.15) is 5.92 Å². The van der Waals surface area contributed by atoms with Crippen LogP contribution in [-0.2, 0) is 16.0 Å². The van der Waals surface area contributed by atoms with Crippen LogP contribution in [0.15, 0.2) is 34.8 Å². The van der Waals surface area contributed by atoms with Gasteiger partial charge in [-0.15, -0.1) is 0 Å². The first-order valence-electron chi connectivity index (χ1n) is 7.66. The number of aryl methyl sites for hydroxylation is 1. The number of rotatable bonds is 2. The molecular weight excluding hydrogens is 328 g/mol. The Balaban J connectivity index is 1.79. The third kappa shape index (κ3) is 1.76. The summed E-state index contributed by atoms with van der Waals surface area (Å²) in [5.74, 6) is 0.293. The molecule has 0 spiro atoms. The zero-order chi connectivity index (χ0) is 14.7. The highest BCUT2D eigenvalue weighted by atomic mass is 79.9. The summed E-state index contributed by atoms with van der Waals surface area (Å²) in [5, 5.41) is 0. The summed E-state index contributed by atoms with van der Waals surface area (Å²) in [4.78, 5) is 25.8. The maximum atomic E-state index is 12.9. The molecule has 3 aliphatic rings. The van der Waals surface area contributed by atoms with Gasteiger partial charge in [0.05, 0.1) is 0 Å². The molecule has 2 nitrogen and oxygen atoms in total. The van der Waals surface area contributed by atoms with E-state index in [9.17, 15) is 9.59 Å². The normalized spacial score (nSPS) is 36.6. The van der Waals surface area contributed by atoms with Crippen LogP contribution in [0.5, 0.6) is 0 Å². The number of carbonyl (C=O) groups is 2. The largest absolute Gasteiger partial charge is 0.298 e. The van der Waals surface area contributed by atoms with Crippen molar-refractivity contribution >= 4 is 27.5 Å². The number of allylic oxidation sites excluding steroid dienone is 2. The summed E-state index contributed by atoms with van der Waals surface area (Å²) in [7, 11) is 0. The Morgan fingerprint density at radius 3 is 2.29 bits per heavy atom. The van der Waals surface area contributed by atoms with Crippen molar-refractivity contribution in [1.29, 1.82) is 0 Å². The molecule has 21 heavy (non-hydrogen) atoms. The Morgan fingerprint density at radius 1 is 1.10 bits per heavy atom. The van der Waals surface area contributed by atoms with Gasteiger partial charge >= 0.3 is 0 Å². The van der Waals surface area contributed by atoms with Gasteiger partial charge < -0.3 is 0 Å². The van der Waals surface area contributed by atoms with Crippen molar-refractivity contribution in [3.05, 3.63) is 46.0 Å². The molecule has 3 aliphatic carbocycles. The van der Waals surface area contributed by atoms with Crippen molar-refractivity contribution in [3.8, 4) is 0 Å². The van der Waals surface area contributed by atoms with Gasteiger partial charge in [-0.25, -0.2) is 0 Å². The van der Waals surface area contributed by atoms with Crippen LogP contribution < -0.4 is 0 Å². The second-order valence-corrected chi connectivity index (χ2v) is 7.35. The number of Topliss-reactive ketones (excluding diaryl/α,β-unsaturated/α-hetero) is 2. The van der Waals surface area contributed by atoms with E-state index in [1.54, 1.807) is 0 Å². The summed E-state index contributed by atoms with van der Waals surface area (Å²) in [5.41, 5.74) is 2.04. The molecule has 0 aliphatic heterocycles. The third-order valence-corrected chi connectivity index (χ3v) is 5.98. The predicted octanol–water partition coefficient (Wildman–Crippen LogP) is 3.69. The fourth-order valence-electron chi connectivity index (χ4n) is 4.59. The van der Waals surface area contributed by atoms with E-state index in [1.807, 2.05) is 18.2 Å². The van der Waals surface area contributed by atoms with Crippen LogP contribution in [0.4, 0.5) is 0 Å². The van der Waals surface area contributed by atoms with Crippen molar-refractivity contribution < 1.29 is 9.59 Å². The molecule has 0 aromatic heterocycles. The van der Waals surface area contributed by atoms with Crippen LogP contribution in [0.25, 0.3) is 0 Å². The molecule has 108 valence electrons. The Labute approximate surface area is 132 Å². The summed E-state index contributed by atoms with van der Waals surface area (Å²) < 4.78 is 0.938. The molecule has 3 unspecified atom stereocenters. The van der Waals surface area contributed by atoms with Gasteiger partial charge in [0.25, 0.3) is 0 Å². The van der Waals surface area contributed by atoms with E-state index in [4.69, 9.17) is 0 Å². The number of hydrogen-bond acceptors (Lipinski definition) is 2. The molecule has 1 aromatic rings. The van der Waals surface area contributed by atoms with Crippen LogP contribution in [-0.4, -0.2) is 11.6 Å². The van der Waals surface area contributed by atoms with Crippen molar-refractivity contribution in [2.24, 2.45) is 23.7 Å². The molecule has 2 bridgehead atoms. The number of fused-ring (bicyclic) bond motifs is 5. The maximum absolute atomic E-state index is 12.9. The van der Waals surface area contributed by atoms with E-state index in [0.29, 0.717) is 11.8 Å². The number of halogens is 1. The summed E-state index contributed by atoms with van der Waals surface area (Å²) >= 11 is 3.47. The molecule has 3 heteroatoms. The highest BCUT2D eigenvalue weighted by Gasteiger charge is 2.60. The zero-order valence-electron chi connectivity index (χ0n) is 11.9. The molecule has 2 saturated carbocycles. The Kier molecular flexibility index (Phi) is 2.97. The van der Waals surface area contributed by atoms with E-state index in [1.165, 1.54) is 0 Å². The number of hydrogen-bond donors (Lipinski definition) is 0. The average Bonchev–Trinajstić information content (AvgIpc) is 3.13. The predicted molar refractivity (Wildman–Crippen MR) is 84.0 cm³/mol.